The third-order valence-electron chi connectivity index (χ3n) is 5.84. The molecule has 0 aliphatic rings. The molecule has 0 aromatic rings. The molecule has 0 radical (unpaired) electrons. The van der Waals surface area contributed by atoms with Gasteiger partial charge in [0.05, 0.1) is 27.7 Å². The SMILES string of the molecule is CC=CCCCCCCCCCCCCCCCOP(=O)(O)C(CCC)[N+](C)(C)C. The Bertz CT molecular complexity index is 460. The van der Waals surface area contributed by atoms with E-state index in [1.807, 2.05) is 21.1 Å². The van der Waals surface area contributed by atoms with Gasteiger partial charge in [-0.05, 0) is 32.6 Å². The van der Waals surface area contributed by atoms with Crippen LogP contribution in [0.5, 0.6) is 0 Å². The van der Waals surface area contributed by atoms with E-state index in [4.69, 9.17) is 4.52 Å². The van der Waals surface area contributed by atoms with E-state index in [0.29, 0.717) is 17.5 Å². The number of nitrogens with zero attached hydrogens (tertiary/aromatic N) is 1. The lowest BCUT2D eigenvalue weighted by Gasteiger charge is -2.35. The van der Waals surface area contributed by atoms with Gasteiger partial charge in [-0.2, -0.15) is 0 Å². The van der Waals surface area contributed by atoms with E-state index in [0.717, 1.165) is 19.3 Å². The maximum atomic E-state index is 12.6. The number of unbranched alkanes of at least 4 members (excludes halogenated alkanes) is 13. The van der Waals surface area contributed by atoms with Crippen molar-refractivity contribution in [3.8, 4) is 0 Å². The summed E-state index contributed by atoms with van der Waals surface area (Å²) in [6.45, 7) is 4.56. The number of quaternary nitrogens is 1. The Morgan fingerprint density at radius 1 is 0.833 bits per heavy atom. The van der Waals surface area contributed by atoms with Gasteiger partial charge in [0.25, 0.3) is 0 Å². The summed E-state index contributed by atoms with van der Waals surface area (Å²) in [5, 5.41) is 0. The minimum Gasteiger partial charge on any atom is -0.320 e. The first-order valence-corrected chi connectivity index (χ1v) is 14.3. The zero-order valence-corrected chi connectivity index (χ0v) is 21.8. The highest BCUT2D eigenvalue weighted by Gasteiger charge is 2.41. The van der Waals surface area contributed by atoms with Gasteiger partial charge in [0.15, 0.2) is 5.78 Å². The fraction of sp³-hybridized carbons (Fsp3) is 0.920. The molecule has 180 valence electrons. The minimum atomic E-state index is -3.56. The monoisotopic (exact) mass is 446 g/mol. The van der Waals surface area contributed by atoms with Crippen LogP contribution in [-0.2, 0) is 9.09 Å². The molecular weight excluding hydrogens is 393 g/mol. The maximum absolute atomic E-state index is 12.6. The standard InChI is InChI=1S/C25H52NO3P/c1-6-8-9-10-11-12-13-14-15-16-17-18-19-20-21-22-24-29-30(27,28)25(23-7-2)26(3,4)5/h6,8,25H,7,9-24H2,1-5H3/p+1. The van der Waals surface area contributed by atoms with Gasteiger partial charge in [0, 0.05) is 6.42 Å². The first kappa shape index (κ1) is 29.9. The van der Waals surface area contributed by atoms with Gasteiger partial charge in [-0.1, -0.05) is 89.7 Å². The summed E-state index contributed by atoms with van der Waals surface area (Å²) in [4.78, 5) is 10.4. The van der Waals surface area contributed by atoms with E-state index in [1.165, 1.54) is 77.0 Å². The smallest absolute Gasteiger partial charge is 0.320 e. The molecule has 0 saturated heterocycles. The summed E-state index contributed by atoms with van der Waals surface area (Å²) in [7, 11) is 2.35. The highest BCUT2D eigenvalue weighted by Crippen LogP contribution is 2.51. The van der Waals surface area contributed by atoms with Crippen LogP contribution in [0.25, 0.3) is 0 Å². The van der Waals surface area contributed by atoms with Crippen molar-refractivity contribution in [3.63, 3.8) is 0 Å². The van der Waals surface area contributed by atoms with Gasteiger partial charge in [-0.15, -0.1) is 0 Å². The van der Waals surface area contributed by atoms with Gasteiger partial charge >= 0.3 is 7.60 Å². The van der Waals surface area contributed by atoms with Crippen molar-refractivity contribution in [3.05, 3.63) is 12.2 Å². The lowest BCUT2D eigenvalue weighted by molar-refractivity contribution is -0.883. The van der Waals surface area contributed by atoms with Crippen molar-refractivity contribution in [2.24, 2.45) is 0 Å². The highest BCUT2D eigenvalue weighted by atomic mass is 31.2. The summed E-state index contributed by atoms with van der Waals surface area (Å²) < 4.78 is 18.6. The molecule has 0 fully saturated rings. The topological polar surface area (TPSA) is 46.5 Å². The molecule has 0 aromatic carbocycles. The summed E-state index contributed by atoms with van der Waals surface area (Å²) >= 11 is 0. The molecule has 4 nitrogen and oxygen atoms in total. The van der Waals surface area contributed by atoms with E-state index >= 15 is 0 Å². The lowest BCUT2D eigenvalue weighted by Crippen LogP contribution is -2.45. The van der Waals surface area contributed by atoms with Gasteiger partial charge in [0.2, 0.25) is 0 Å². The van der Waals surface area contributed by atoms with Crippen LogP contribution < -0.4 is 0 Å². The van der Waals surface area contributed by atoms with Gasteiger partial charge in [0.1, 0.15) is 0 Å². The van der Waals surface area contributed by atoms with Crippen LogP contribution in [0.4, 0.5) is 0 Å². The van der Waals surface area contributed by atoms with Crippen molar-refractivity contribution in [1.29, 1.82) is 0 Å². The van der Waals surface area contributed by atoms with E-state index in [1.54, 1.807) is 0 Å². The third kappa shape index (κ3) is 16.5. The maximum Gasteiger partial charge on any atom is 0.385 e. The van der Waals surface area contributed by atoms with E-state index in [-0.39, 0.29) is 5.78 Å². The molecule has 0 heterocycles. The molecule has 2 atom stereocenters. The predicted octanol–water partition coefficient (Wildman–Crippen LogP) is 8.06. The van der Waals surface area contributed by atoms with E-state index in [9.17, 15) is 9.46 Å². The lowest BCUT2D eigenvalue weighted by atomic mass is 10.0. The molecular formula is C25H53NO3P+. The summed E-state index contributed by atoms with van der Waals surface area (Å²) in [6.07, 6.45) is 24.1. The summed E-state index contributed by atoms with van der Waals surface area (Å²) in [6, 6.07) is 0. The Hall–Kier alpha value is -0.150. The van der Waals surface area contributed by atoms with Crippen LogP contribution in [-0.4, -0.2) is 42.9 Å². The van der Waals surface area contributed by atoms with Crippen molar-refractivity contribution >= 4 is 7.60 Å². The van der Waals surface area contributed by atoms with Crippen LogP contribution >= 0.6 is 7.60 Å². The molecule has 0 aromatic heterocycles. The fourth-order valence-corrected chi connectivity index (χ4v) is 6.03. The average molecular weight is 447 g/mol. The first-order chi connectivity index (χ1) is 14.3. The van der Waals surface area contributed by atoms with Crippen LogP contribution in [0.3, 0.4) is 0 Å². The Labute approximate surface area is 188 Å². The van der Waals surface area contributed by atoms with Gasteiger partial charge in [-0.3, -0.25) is 4.57 Å². The molecule has 1 N–H and O–H groups in total. The molecule has 0 aliphatic carbocycles. The second kappa shape index (κ2) is 18.4. The quantitative estimate of drug-likeness (QED) is 0.0839. The van der Waals surface area contributed by atoms with Crippen molar-refractivity contribution in [1.82, 2.24) is 0 Å². The van der Waals surface area contributed by atoms with Crippen LogP contribution in [0.2, 0.25) is 0 Å². The molecule has 2 unspecified atom stereocenters. The normalized spacial score (nSPS) is 15.5. The van der Waals surface area contributed by atoms with Crippen LogP contribution in [0.1, 0.15) is 117 Å². The second-order valence-electron chi connectivity index (χ2n) is 9.74. The minimum absolute atomic E-state index is 0.333. The highest BCUT2D eigenvalue weighted by molar-refractivity contribution is 7.53. The van der Waals surface area contributed by atoms with Crippen molar-refractivity contribution in [2.45, 2.75) is 122 Å². The number of hydrogen-bond donors (Lipinski definition) is 1. The van der Waals surface area contributed by atoms with Gasteiger partial charge < -0.3 is 13.9 Å². The van der Waals surface area contributed by atoms with E-state index < -0.39 is 7.60 Å². The Morgan fingerprint density at radius 2 is 1.27 bits per heavy atom. The molecule has 0 saturated carbocycles. The zero-order chi connectivity index (χ0) is 22.7. The molecule has 0 bridgehead atoms. The van der Waals surface area contributed by atoms with Gasteiger partial charge in [-0.25, -0.2) is 0 Å². The van der Waals surface area contributed by atoms with Crippen LogP contribution in [0.15, 0.2) is 12.2 Å². The molecule has 0 amide bonds. The average Bonchev–Trinajstić information content (AvgIpc) is 2.67. The van der Waals surface area contributed by atoms with Crippen LogP contribution in [0, 0.1) is 0 Å². The Morgan fingerprint density at radius 3 is 1.67 bits per heavy atom. The van der Waals surface area contributed by atoms with Crippen molar-refractivity contribution in [2.75, 3.05) is 27.7 Å². The largest absolute Gasteiger partial charge is 0.385 e. The molecule has 5 heteroatoms. The number of rotatable bonds is 21. The van der Waals surface area contributed by atoms with Crippen molar-refractivity contribution < 1.29 is 18.5 Å². The Kier molecular flexibility index (Phi) is 18.3. The number of hydrogen-bond acceptors (Lipinski definition) is 2. The summed E-state index contributed by atoms with van der Waals surface area (Å²) in [5.41, 5.74) is 0. The fourth-order valence-electron chi connectivity index (χ4n) is 4.00. The predicted molar refractivity (Wildman–Crippen MR) is 132 cm³/mol. The number of allylic oxidation sites excluding steroid dienone is 2. The molecule has 0 aliphatic heterocycles. The molecule has 0 spiro atoms. The first-order valence-electron chi connectivity index (χ1n) is 12.6. The van der Waals surface area contributed by atoms with E-state index in [2.05, 4.69) is 26.0 Å². The molecule has 0 rings (SSSR count). The zero-order valence-electron chi connectivity index (χ0n) is 20.9. The third-order valence-corrected chi connectivity index (χ3v) is 8.10. The molecule has 30 heavy (non-hydrogen) atoms. The summed E-state index contributed by atoms with van der Waals surface area (Å²) in [5.74, 6) is -0.333. The second-order valence-corrected chi connectivity index (χ2v) is 11.7. The Balaban J connectivity index is 3.54.